The van der Waals surface area contributed by atoms with Gasteiger partial charge in [0.25, 0.3) is 11.6 Å². The smallest absolute Gasteiger partial charge is 0.283 e. The van der Waals surface area contributed by atoms with Crippen molar-refractivity contribution in [1.29, 1.82) is 0 Å². The molecule has 5 nitrogen and oxygen atoms in total. The third-order valence-corrected chi connectivity index (χ3v) is 5.45. The summed E-state index contributed by atoms with van der Waals surface area (Å²) in [6.07, 6.45) is 0. The molecule has 0 N–H and O–H groups in total. The number of nitro groups is 1. The lowest BCUT2D eigenvalue weighted by Gasteiger charge is -2.14. The van der Waals surface area contributed by atoms with E-state index in [9.17, 15) is 14.9 Å². The second-order valence-electron chi connectivity index (χ2n) is 5.13. The predicted molar refractivity (Wildman–Crippen MR) is 102 cm³/mol. The van der Waals surface area contributed by atoms with Crippen molar-refractivity contribution in [3.63, 3.8) is 0 Å². The lowest BCUT2D eigenvalue weighted by Crippen LogP contribution is -2.22. The summed E-state index contributed by atoms with van der Waals surface area (Å²) in [5.41, 5.74) is 1.35. The van der Waals surface area contributed by atoms with Crippen molar-refractivity contribution < 1.29 is 9.72 Å². The molecule has 24 heavy (non-hydrogen) atoms. The zero-order valence-electron chi connectivity index (χ0n) is 13.0. The minimum atomic E-state index is -0.402. The average Bonchev–Trinajstić information content (AvgIpc) is 2.55. The number of halogens is 2. The zero-order valence-corrected chi connectivity index (χ0v) is 16.9. The number of nitrogens with zero attached hydrogens (tertiary/aromatic N) is 2. The van der Waals surface area contributed by atoms with E-state index in [1.54, 1.807) is 38.4 Å². The molecule has 2 rings (SSSR count). The molecular formula is C16H14Br2N2O3S. The molecule has 0 saturated heterocycles. The van der Waals surface area contributed by atoms with Gasteiger partial charge in [0, 0.05) is 34.9 Å². The summed E-state index contributed by atoms with van der Waals surface area (Å²) in [7, 11) is 3.34. The molecule has 0 aliphatic carbocycles. The molecule has 0 radical (unpaired) electrons. The van der Waals surface area contributed by atoms with E-state index in [1.807, 2.05) is 12.1 Å². The molecule has 2 aromatic rings. The topological polar surface area (TPSA) is 63.5 Å². The number of amides is 1. The van der Waals surface area contributed by atoms with Crippen LogP contribution in [0.3, 0.4) is 0 Å². The number of benzene rings is 2. The van der Waals surface area contributed by atoms with Gasteiger partial charge in [-0.3, -0.25) is 14.9 Å². The minimum absolute atomic E-state index is 0.0307. The predicted octanol–water partition coefficient (Wildman–Crippen LogP) is 5.11. The van der Waals surface area contributed by atoms with Crippen LogP contribution in [0.25, 0.3) is 0 Å². The quantitative estimate of drug-likeness (QED) is 0.344. The van der Waals surface area contributed by atoms with Gasteiger partial charge < -0.3 is 4.90 Å². The van der Waals surface area contributed by atoms with E-state index in [4.69, 9.17) is 0 Å². The second kappa shape index (κ2) is 8.13. The Morgan fingerprint density at radius 2 is 1.88 bits per heavy atom. The molecule has 0 aromatic heterocycles. The van der Waals surface area contributed by atoms with E-state index in [0.717, 1.165) is 10.0 Å². The van der Waals surface area contributed by atoms with Crippen LogP contribution in [0.5, 0.6) is 0 Å². The fourth-order valence-corrected chi connectivity index (χ4v) is 3.71. The van der Waals surface area contributed by atoms with E-state index in [2.05, 4.69) is 31.9 Å². The first kappa shape index (κ1) is 19.0. The third-order valence-electron chi connectivity index (χ3n) is 3.17. The van der Waals surface area contributed by atoms with Crippen molar-refractivity contribution in [3.05, 3.63) is 62.1 Å². The number of carbonyl (C=O) groups excluding carboxylic acids is 1. The van der Waals surface area contributed by atoms with Gasteiger partial charge >= 0.3 is 0 Å². The van der Waals surface area contributed by atoms with Crippen molar-refractivity contribution in [2.45, 2.75) is 15.1 Å². The molecule has 8 heteroatoms. The zero-order chi connectivity index (χ0) is 17.9. The molecule has 1 amide bonds. The van der Waals surface area contributed by atoms with Gasteiger partial charge in [-0.05, 0) is 29.8 Å². The Kier molecular flexibility index (Phi) is 6.42. The van der Waals surface area contributed by atoms with Gasteiger partial charge in [0.05, 0.1) is 15.4 Å². The fourth-order valence-electron chi connectivity index (χ4n) is 1.99. The van der Waals surface area contributed by atoms with Crippen LogP contribution >= 0.6 is 43.6 Å². The first-order chi connectivity index (χ1) is 11.3. The molecule has 2 aromatic carbocycles. The Bertz CT molecular complexity index is 797. The summed E-state index contributed by atoms with van der Waals surface area (Å²) in [6, 6.07) is 10.4. The highest BCUT2D eigenvalue weighted by atomic mass is 79.9. The van der Waals surface area contributed by atoms with Crippen LogP contribution in [0, 0.1) is 10.1 Å². The summed E-state index contributed by atoms with van der Waals surface area (Å²) in [5.74, 6) is -0.154. The molecule has 126 valence electrons. The van der Waals surface area contributed by atoms with Crippen molar-refractivity contribution in [2.75, 3.05) is 14.1 Å². The molecule has 0 aliphatic heterocycles. The van der Waals surface area contributed by atoms with Crippen LogP contribution in [0.1, 0.15) is 15.9 Å². The molecule has 0 atom stereocenters. The summed E-state index contributed by atoms with van der Waals surface area (Å²) >= 11 is 7.88. The molecule has 0 aliphatic rings. The van der Waals surface area contributed by atoms with E-state index in [-0.39, 0.29) is 11.6 Å². The Morgan fingerprint density at radius 1 is 1.21 bits per heavy atom. The largest absolute Gasteiger partial charge is 0.345 e. The van der Waals surface area contributed by atoms with Crippen LogP contribution < -0.4 is 0 Å². The van der Waals surface area contributed by atoms with Gasteiger partial charge in [0.1, 0.15) is 0 Å². The summed E-state index contributed by atoms with van der Waals surface area (Å²) in [6.45, 7) is 0. The SMILES string of the molecule is CN(C)C(=O)c1cc(Br)ccc1Sc1ccc(CBr)cc1[N+](=O)[O-]. The molecule has 0 heterocycles. The summed E-state index contributed by atoms with van der Waals surface area (Å²) in [4.78, 5) is 26.0. The maximum absolute atomic E-state index is 12.4. The van der Waals surface area contributed by atoms with Crippen LogP contribution in [0.15, 0.2) is 50.7 Å². The van der Waals surface area contributed by atoms with Crippen molar-refractivity contribution in [2.24, 2.45) is 0 Å². The van der Waals surface area contributed by atoms with Crippen LogP contribution in [-0.4, -0.2) is 29.8 Å². The van der Waals surface area contributed by atoms with Crippen molar-refractivity contribution in [3.8, 4) is 0 Å². The van der Waals surface area contributed by atoms with Crippen molar-refractivity contribution in [1.82, 2.24) is 4.90 Å². The summed E-state index contributed by atoms with van der Waals surface area (Å²) in [5, 5.41) is 11.9. The van der Waals surface area contributed by atoms with Crippen LogP contribution in [-0.2, 0) is 5.33 Å². The Hall–Kier alpha value is -1.38. The first-order valence-corrected chi connectivity index (χ1v) is 9.59. The maximum atomic E-state index is 12.4. The van der Waals surface area contributed by atoms with Crippen LogP contribution in [0.2, 0.25) is 0 Å². The number of hydrogen-bond acceptors (Lipinski definition) is 4. The third kappa shape index (κ3) is 4.37. The lowest BCUT2D eigenvalue weighted by molar-refractivity contribution is -0.387. The number of rotatable bonds is 5. The standard InChI is InChI=1S/C16H14Br2N2O3S/c1-19(2)16(21)12-8-11(18)4-6-14(12)24-15-5-3-10(9-17)7-13(15)20(22)23/h3-8H,9H2,1-2H3. The molecule has 0 unspecified atom stereocenters. The Morgan fingerprint density at radius 3 is 2.46 bits per heavy atom. The number of nitro benzene ring substituents is 1. The monoisotopic (exact) mass is 472 g/mol. The minimum Gasteiger partial charge on any atom is -0.345 e. The second-order valence-corrected chi connectivity index (χ2v) is 7.70. The van der Waals surface area contributed by atoms with Gasteiger partial charge in [-0.25, -0.2) is 0 Å². The fraction of sp³-hybridized carbons (Fsp3) is 0.188. The first-order valence-electron chi connectivity index (χ1n) is 6.86. The van der Waals surface area contributed by atoms with Crippen LogP contribution in [0.4, 0.5) is 5.69 Å². The van der Waals surface area contributed by atoms with Crippen molar-refractivity contribution >= 4 is 55.2 Å². The van der Waals surface area contributed by atoms with Gasteiger partial charge in [0.15, 0.2) is 0 Å². The van der Waals surface area contributed by atoms with E-state index >= 15 is 0 Å². The number of hydrogen-bond donors (Lipinski definition) is 0. The number of carbonyl (C=O) groups is 1. The highest BCUT2D eigenvalue weighted by Crippen LogP contribution is 2.38. The van der Waals surface area contributed by atoms with Gasteiger partial charge in [0.2, 0.25) is 0 Å². The normalized spacial score (nSPS) is 10.5. The average molecular weight is 474 g/mol. The Labute approximate surface area is 160 Å². The molecule has 0 fully saturated rings. The van der Waals surface area contributed by atoms with E-state index in [1.165, 1.54) is 16.7 Å². The highest BCUT2D eigenvalue weighted by molar-refractivity contribution is 9.10. The summed E-state index contributed by atoms with van der Waals surface area (Å²) < 4.78 is 0.779. The highest BCUT2D eigenvalue weighted by Gasteiger charge is 2.20. The Balaban J connectivity index is 2.49. The molecule has 0 bridgehead atoms. The maximum Gasteiger partial charge on any atom is 0.283 e. The van der Waals surface area contributed by atoms with Gasteiger partial charge in [-0.2, -0.15) is 0 Å². The van der Waals surface area contributed by atoms with E-state index < -0.39 is 4.92 Å². The molecule has 0 spiro atoms. The lowest BCUT2D eigenvalue weighted by atomic mass is 10.2. The van der Waals surface area contributed by atoms with E-state index in [0.29, 0.717) is 20.7 Å². The number of alkyl halides is 1. The molecule has 0 saturated carbocycles. The van der Waals surface area contributed by atoms with Gasteiger partial charge in [-0.1, -0.05) is 49.7 Å². The molecular weight excluding hydrogens is 460 g/mol. The van der Waals surface area contributed by atoms with Gasteiger partial charge in [-0.15, -0.1) is 0 Å².